The third kappa shape index (κ3) is 3.67. The second kappa shape index (κ2) is 8.03. The number of nitrogens with zero attached hydrogens (tertiary/aromatic N) is 1. The van der Waals surface area contributed by atoms with Gasteiger partial charge in [-0.2, -0.15) is 0 Å². The van der Waals surface area contributed by atoms with Gasteiger partial charge in [-0.05, 0) is 44.2 Å². The fraction of sp³-hybridized carbons (Fsp3) is 0.579. The number of rotatable bonds is 5. The SMILES string of the molecule is CCOc1c(F)cccc1C(=O)N1CCC([C@@H]2OCCC2C(=O)O)CC1. The number of hydrogen-bond acceptors (Lipinski definition) is 4. The molecule has 7 heteroatoms. The molecule has 1 amide bonds. The van der Waals surface area contributed by atoms with Gasteiger partial charge in [0.1, 0.15) is 0 Å². The van der Waals surface area contributed by atoms with Crippen molar-refractivity contribution in [2.45, 2.75) is 32.3 Å². The van der Waals surface area contributed by atoms with E-state index in [1.807, 2.05) is 0 Å². The molecule has 3 rings (SSSR count). The number of ether oxygens (including phenoxy) is 2. The Morgan fingerprint density at radius 3 is 2.69 bits per heavy atom. The molecule has 2 fully saturated rings. The van der Waals surface area contributed by atoms with Crippen molar-refractivity contribution >= 4 is 11.9 Å². The van der Waals surface area contributed by atoms with Gasteiger partial charge in [0.15, 0.2) is 11.6 Å². The monoisotopic (exact) mass is 365 g/mol. The normalized spacial score (nSPS) is 23.8. The lowest BCUT2D eigenvalue weighted by Gasteiger charge is -2.35. The molecule has 0 aliphatic carbocycles. The molecule has 0 saturated carbocycles. The van der Waals surface area contributed by atoms with E-state index in [1.165, 1.54) is 12.1 Å². The largest absolute Gasteiger partial charge is 0.490 e. The first-order valence-corrected chi connectivity index (χ1v) is 9.08. The van der Waals surface area contributed by atoms with Crippen LogP contribution in [0.3, 0.4) is 0 Å². The second-order valence-corrected chi connectivity index (χ2v) is 6.75. The molecule has 2 saturated heterocycles. The number of likely N-dealkylation sites (tertiary alicyclic amines) is 1. The summed E-state index contributed by atoms with van der Waals surface area (Å²) in [6, 6.07) is 4.35. The highest BCUT2D eigenvalue weighted by Crippen LogP contribution is 2.34. The maximum absolute atomic E-state index is 14.0. The van der Waals surface area contributed by atoms with Crippen molar-refractivity contribution in [3.8, 4) is 5.75 Å². The molecule has 2 atom stereocenters. The zero-order chi connectivity index (χ0) is 18.7. The molecule has 1 aromatic rings. The lowest BCUT2D eigenvalue weighted by molar-refractivity contribution is -0.145. The van der Waals surface area contributed by atoms with Gasteiger partial charge in [-0.3, -0.25) is 9.59 Å². The van der Waals surface area contributed by atoms with Gasteiger partial charge in [-0.1, -0.05) is 6.07 Å². The molecule has 0 radical (unpaired) electrons. The van der Waals surface area contributed by atoms with E-state index in [0.29, 0.717) is 39.0 Å². The van der Waals surface area contributed by atoms with Crippen LogP contribution in [0, 0.1) is 17.7 Å². The molecule has 2 aliphatic heterocycles. The van der Waals surface area contributed by atoms with Gasteiger partial charge in [0.2, 0.25) is 0 Å². The number of benzene rings is 1. The molecular weight excluding hydrogens is 341 g/mol. The third-order valence-corrected chi connectivity index (χ3v) is 5.23. The Balaban J connectivity index is 1.66. The number of amides is 1. The molecule has 0 spiro atoms. The summed E-state index contributed by atoms with van der Waals surface area (Å²) in [6.07, 6.45) is 1.62. The highest BCUT2D eigenvalue weighted by atomic mass is 19.1. The van der Waals surface area contributed by atoms with Gasteiger partial charge in [0, 0.05) is 19.7 Å². The van der Waals surface area contributed by atoms with Crippen LogP contribution >= 0.6 is 0 Å². The molecule has 6 nitrogen and oxygen atoms in total. The fourth-order valence-corrected chi connectivity index (χ4v) is 3.91. The maximum atomic E-state index is 14.0. The van der Waals surface area contributed by atoms with E-state index in [-0.39, 0.29) is 35.8 Å². The van der Waals surface area contributed by atoms with Crippen molar-refractivity contribution in [2.75, 3.05) is 26.3 Å². The predicted octanol–water partition coefficient (Wildman–Crippen LogP) is 2.57. The van der Waals surface area contributed by atoms with Gasteiger partial charge >= 0.3 is 5.97 Å². The standard InChI is InChI=1S/C19H24FNO5/c1-2-25-17-13(4-3-5-15(17)20)18(22)21-9-6-12(7-10-21)16-14(19(23)24)8-11-26-16/h3-5,12,14,16H,2,6-11H2,1H3,(H,23,24)/t14?,16-/m0/s1. The van der Waals surface area contributed by atoms with Gasteiger partial charge in [-0.15, -0.1) is 0 Å². The topological polar surface area (TPSA) is 76.1 Å². The highest BCUT2D eigenvalue weighted by molar-refractivity contribution is 5.97. The average Bonchev–Trinajstić information content (AvgIpc) is 3.13. The minimum absolute atomic E-state index is 0.00723. The number of carbonyl (C=O) groups is 2. The molecule has 142 valence electrons. The van der Waals surface area contributed by atoms with Gasteiger partial charge in [-0.25, -0.2) is 4.39 Å². The Labute approximate surface area is 151 Å². The van der Waals surface area contributed by atoms with Crippen LogP contribution in [0.1, 0.15) is 36.5 Å². The number of carboxylic acids is 1. The van der Waals surface area contributed by atoms with E-state index < -0.39 is 17.7 Å². The molecule has 1 unspecified atom stereocenters. The summed E-state index contributed by atoms with van der Waals surface area (Å²) in [7, 11) is 0. The van der Waals surface area contributed by atoms with E-state index in [2.05, 4.69) is 0 Å². The predicted molar refractivity (Wildman–Crippen MR) is 91.7 cm³/mol. The van der Waals surface area contributed by atoms with Gasteiger partial charge in [0.25, 0.3) is 5.91 Å². The first kappa shape index (κ1) is 18.6. The first-order valence-electron chi connectivity index (χ1n) is 9.08. The quantitative estimate of drug-likeness (QED) is 0.868. The smallest absolute Gasteiger partial charge is 0.309 e. The van der Waals surface area contributed by atoms with E-state index in [0.717, 1.165) is 0 Å². The summed E-state index contributed by atoms with van der Waals surface area (Å²) in [5.74, 6) is -1.96. The van der Waals surface area contributed by atoms with E-state index in [1.54, 1.807) is 17.9 Å². The van der Waals surface area contributed by atoms with Crippen LogP contribution < -0.4 is 4.74 Å². The molecule has 2 heterocycles. The van der Waals surface area contributed by atoms with Crippen molar-refractivity contribution in [3.05, 3.63) is 29.6 Å². The number of para-hydroxylation sites is 1. The number of piperidine rings is 1. The van der Waals surface area contributed by atoms with Crippen LogP contribution in [0.15, 0.2) is 18.2 Å². The number of carbonyl (C=O) groups excluding carboxylic acids is 1. The number of aliphatic carboxylic acids is 1. The summed E-state index contributed by atoms with van der Waals surface area (Å²) in [6.45, 7) is 3.49. The van der Waals surface area contributed by atoms with Crippen LogP contribution in [-0.2, 0) is 9.53 Å². The van der Waals surface area contributed by atoms with Gasteiger partial charge in [0.05, 0.1) is 24.2 Å². The van der Waals surface area contributed by atoms with Crippen molar-refractivity contribution < 1.29 is 28.6 Å². The lowest BCUT2D eigenvalue weighted by atomic mass is 9.84. The maximum Gasteiger partial charge on any atom is 0.309 e. The summed E-state index contributed by atoms with van der Waals surface area (Å²) in [5.41, 5.74) is 0.228. The minimum atomic E-state index is -0.813. The summed E-state index contributed by atoms with van der Waals surface area (Å²) >= 11 is 0. The van der Waals surface area contributed by atoms with Gasteiger partial charge < -0.3 is 19.5 Å². The summed E-state index contributed by atoms with van der Waals surface area (Å²) < 4.78 is 25.0. The highest BCUT2D eigenvalue weighted by Gasteiger charge is 2.41. The first-order chi connectivity index (χ1) is 12.5. The van der Waals surface area contributed by atoms with Crippen LogP contribution in [-0.4, -0.2) is 54.3 Å². The van der Waals surface area contributed by atoms with Crippen molar-refractivity contribution in [2.24, 2.45) is 11.8 Å². The van der Waals surface area contributed by atoms with E-state index in [9.17, 15) is 19.1 Å². The number of hydrogen-bond donors (Lipinski definition) is 1. The Morgan fingerprint density at radius 2 is 2.04 bits per heavy atom. The van der Waals surface area contributed by atoms with Crippen molar-refractivity contribution in [1.82, 2.24) is 4.90 Å². The molecule has 1 aromatic carbocycles. The molecule has 2 aliphatic rings. The summed E-state index contributed by atoms with van der Waals surface area (Å²) in [5, 5.41) is 9.32. The number of carboxylic acid groups (broad SMARTS) is 1. The Kier molecular flexibility index (Phi) is 5.76. The van der Waals surface area contributed by atoms with Crippen LogP contribution in [0.2, 0.25) is 0 Å². The van der Waals surface area contributed by atoms with Crippen LogP contribution in [0.4, 0.5) is 4.39 Å². The molecule has 0 aromatic heterocycles. The van der Waals surface area contributed by atoms with E-state index >= 15 is 0 Å². The van der Waals surface area contributed by atoms with Crippen molar-refractivity contribution in [1.29, 1.82) is 0 Å². The van der Waals surface area contributed by atoms with Crippen LogP contribution in [0.25, 0.3) is 0 Å². The van der Waals surface area contributed by atoms with Crippen molar-refractivity contribution in [3.63, 3.8) is 0 Å². The second-order valence-electron chi connectivity index (χ2n) is 6.75. The minimum Gasteiger partial charge on any atom is -0.490 e. The Bertz CT molecular complexity index is 672. The molecular formula is C19H24FNO5. The fourth-order valence-electron chi connectivity index (χ4n) is 3.91. The number of halogens is 1. The Hall–Kier alpha value is -2.15. The summed E-state index contributed by atoms with van der Waals surface area (Å²) in [4.78, 5) is 25.8. The van der Waals surface area contributed by atoms with Crippen LogP contribution in [0.5, 0.6) is 5.75 Å². The zero-order valence-electron chi connectivity index (χ0n) is 14.8. The molecule has 26 heavy (non-hydrogen) atoms. The Morgan fingerprint density at radius 1 is 1.31 bits per heavy atom. The van der Waals surface area contributed by atoms with E-state index in [4.69, 9.17) is 9.47 Å². The zero-order valence-corrected chi connectivity index (χ0v) is 14.8. The molecule has 0 bridgehead atoms. The third-order valence-electron chi connectivity index (χ3n) is 5.23. The molecule has 1 N–H and O–H groups in total. The average molecular weight is 365 g/mol. The lowest BCUT2D eigenvalue weighted by Crippen LogP contribution is -2.43.